The van der Waals surface area contributed by atoms with Crippen molar-refractivity contribution in [2.24, 2.45) is 0 Å². The maximum atomic E-state index is 15.3. The van der Waals surface area contributed by atoms with E-state index >= 15 is 4.39 Å². The van der Waals surface area contributed by atoms with Gasteiger partial charge in [0.25, 0.3) is 0 Å². The molecule has 1 aliphatic carbocycles. The van der Waals surface area contributed by atoms with Crippen molar-refractivity contribution in [1.29, 1.82) is 0 Å². The molecule has 4 aromatic rings. The summed E-state index contributed by atoms with van der Waals surface area (Å²) in [5.41, 5.74) is 7.14. The summed E-state index contributed by atoms with van der Waals surface area (Å²) in [5, 5.41) is 16.6. The van der Waals surface area contributed by atoms with Crippen molar-refractivity contribution in [2.75, 3.05) is 5.73 Å². The van der Waals surface area contributed by atoms with E-state index in [4.69, 9.17) is 15.6 Å². The van der Waals surface area contributed by atoms with Crippen molar-refractivity contribution in [3.05, 3.63) is 60.4 Å². The zero-order valence-corrected chi connectivity index (χ0v) is 18.5. The predicted octanol–water partition coefficient (Wildman–Crippen LogP) is 4.90. The molecule has 0 spiro atoms. The highest BCUT2D eigenvalue weighted by atomic mass is 19.1. The first-order valence-electron chi connectivity index (χ1n) is 11.1. The van der Waals surface area contributed by atoms with Crippen LogP contribution in [0.5, 0.6) is 11.5 Å². The van der Waals surface area contributed by atoms with Gasteiger partial charge in [-0.15, -0.1) is 0 Å². The number of hydrogen-bond donors (Lipinski definition) is 3. The minimum absolute atomic E-state index is 0.0500. The van der Waals surface area contributed by atoms with Gasteiger partial charge in [-0.05, 0) is 49.9 Å². The second-order valence-electron chi connectivity index (χ2n) is 8.41. The fourth-order valence-corrected chi connectivity index (χ4v) is 4.50. The van der Waals surface area contributed by atoms with Crippen LogP contribution < -0.4 is 15.8 Å². The summed E-state index contributed by atoms with van der Waals surface area (Å²) in [6.07, 6.45) is 2.94. The molecule has 11 heteroatoms. The number of carboxylic acid groups (broad SMARTS) is 1. The number of nitrogens with zero attached hydrogens (tertiary/aromatic N) is 4. The van der Waals surface area contributed by atoms with Crippen molar-refractivity contribution in [3.8, 4) is 22.8 Å². The van der Waals surface area contributed by atoms with Crippen LogP contribution in [0.1, 0.15) is 31.7 Å². The molecule has 1 fully saturated rings. The highest BCUT2D eigenvalue weighted by Crippen LogP contribution is 2.37. The monoisotopic (exact) mass is 480 g/mol. The summed E-state index contributed by atoms with van der Waals surface area (Å²) in [6.45, 7) is 0. The second-order valence-corrected chi connectivity index (χ2v) is 8.41. The number of hydrogen-bond acceptors (Lipinski definition) is 6. The zero-order chi connectivity index (χ0) is 24.5. The molecule has 180 valence electrons. The number of nitrogens with two attached hydrogens (primary N) is 1. The van der Waals surface area contributed by atoms with E-state index in [2.05, 4.69) is 20.4 Å². The minimum atomic E-state index is -1.04. The summed E-state index contributed by atoms with van der Waals surface area (Å²) >= 11 is 0. The molecule has 2 heterocycles. The Morgan fingerprint density at radius 3 is 2.57 bits per heavy atom. The third kappa shape index (κ3) is 4.57. The molecule has 0 unspecified atom stereocenters. The normalized spacial score (nSPS) is 17.9. The number of fused-ring (bicyclic) bond motifs is 1. The van der Waals surface area contributed by atoms with Crippen molar-refractivity contribution in [3.63, 3.8) is 0 Å². The number of carbonyl (C=O) groups is 1. The van der Waals surface area contributed by atoms with Gasteiger partial charge in [0.05, 0.1) is 11.4 Å². The lowest BCUT2D eigenvalue weighted by molar-refractivity contribution is 0.182. The van der Waals surface area contributed by atoms with Crippen LogP contribution in [0.4, 0.5) is 19.4 Å². The lowest BCUT2D eigenvalue weighted by Gasteiger charge is -2.28. The molecule has 1 amide bonds. The highest BCUT2D eigenvalue weighted by molar-refractivity contribution is 5.98. The first kappa shape index (κ1) is 22.5. The fraction of sp³-hybridized carbons (Fsp3) is 0.250. The topological polar surface area (TPSA) is 128 Å². The van der Waals surface area contributed by atoms with Crippen molar-refractivity contribution < 1.29 is 23.4 Å². The maximum Gasteiger partial charge on any atom is 0.404 e. The molecule has 9 nitrogen and oxygen atoms in total. The number of nitrogen functional groups attached to an aromatic ring is 1. The van der Waals surface area contributed by atoms with Gasteiger partial charge in [-0.25, -0.2) is 28.2 Å². The van der Waals surface area contributed by atoms with Gasteiger partial charge in [-0.3, -0.25) is 0 Å². The van der Waals surface area contributed by atoms with Crippen LogP contribution in [0.3, 0.4) is 0 Å². The van der Waals surface area contributed by atoms with Crippen molar-refractivity contribution >= 4 is 22.9 Å². The number of anilines is 1. The molecule has 1 saturated carbocycles. The number of halogens is 2. The summed E-state index contributed by atoms with van der Waals surface area (Å²) in [4.78, 5) is 19.4. The molecule has 0 aliphatic heterocycles. The van der Waals surface area contributed by atoms with Gasteiger partial charge in [0.1, 0.15) is 41.0 Å². The molecule has 1 aliphatic rings. The van der Waals surface area contributed by atoms with Gasteiger partial charge in [-0.1, -0.05) is 6.07 Å². The summed E-state index contributed by atoms with van der Waals surface area (Å²) in [7, 11) is 0. The number of amides is 1. The number of rotatable bonds is 5. The van der Waals surface area contributed by atoms with Crippen LogP contribution in [0.2, 0.25) is 0 Å². The quantitative estimate of drug-likeness (QED) is 0.371. The van der Waals surface area contributed by atoms with E-state index < -0.39 is 17.7 Å². The molecule has 2 aromatic carbocycles. The van der Waals surface area contributed by atoms with Crippen LogP contribution in [-0.2, 0) is 0 Å². The summed E-state index contributed by atoms with van der Waals surface area (Å²) in [5.74, 6) is -0.425. The van der Waals surface area contributed by atoms with Gasteiger partial charge in [-0.2, -0.15) is 5.10 Å². The predicted molar refractivity (Wildman–Crippen MR) is 124 cm³/mol. The molecular weight excluding hydrogens is 458 g/mol. The Morgan fingerprint density at radius 1 is 1.09 bits per heavy atom. The van der Waals surface area contributed by atoms with E-state index in [9.17, 15) is 9.18 Å². The van der Waals surface area contributed by atoms with Crippen LogP contribution in [-0.4, -0.2) is 37.0 Å². The van der Waals surface area contributed by atoms with Gasteiger partial charge in [0.15, 0.2) is 5.65 Å². The number of ether oxygens (including phenoxy) is 1. The molecule has 0 atom stereocenters. The van der Waals surface area contributed by atoms with E-state index in [1.54, 1.807) is 16.8 Å². The molecule has 4 N–H and O–H groups in total. The average molecular weight is 480 g/mol. The Hall–Kier alpha value is -4.28. The van der Waals surface area contributed by atoms with E-state index in [0.717, 1.165) is 0 Å². The summed E-state index contributed by atoms with van der Waals surface area (Å²) in [6, 6.07) is 9.70. The zero-order valence-electron chi connectivity index (χ0n) is 18.5. The second kappa shape index (κ2) is 9.16. The lowest BCUT2D eigenvalue weighted by Crippen LogP contribution is -2.37. The molecule has 0 saturated heterocycles. The van der Waals surface area contributed by atoms with E-state index in [1.165, 1.54) is 36.7 Å². The van der Waals surface area contributed by atoms with Gasteiger partial charge < -0.3 is 20.9 Å². The van der Waals surface area contributed by atoms with Crippen molar-refractivity contribution in [2.45, 2.75) is 37.8 Å². The Labute approximate surface area is 198 Å². The minimum Gasteiger partial charge on any atom is -0.465 e. The van der Waals surface area contributed by atoms with Crippen LogP contribution in [0.25, 0.3) is 22.3 Å². The third-order valence-electron chi connectivity index (χ3n) is 6.12. The average Bonchev–Trinajstić information content (AvgIpc) is 3.20. The molecule has 2 aromatic heterocycles. The van der Waals surface area contributed by atoms with E-state index in [1.807, 2.05) is 0 Å². The smallest absolute Gasteiger partial charge is 0.404 e. The Morgan fingerprint density at radius 2 is 1.86 bits per heavy atom. The van der Waals surface area contributed by atoms with Crippen LogP contribution in [0, 0.1) is 11.6 Å². The number of nitrogens with one attached hydrogen (secondary N) is 1. The van der Waals surface area contributed by atoms with Gasteiger partial charge in [0.2, 0.25) is 0 Å². The van der Waals surface area contributed by atoms with Crippen molar-refractivity contribution in [1.82, 2.24) is 25.1 Å². The third-order valence-corrected chi connectivity index (χ3v) is 6.12. The SMILES string of the molecule is Nc1ncnc2c1c(-c1ccc(Oc3cccc(F)c3)cc1F)nn2[C@H]1CC[C@H](NC(=O)O)CC1. The highest BCUT2D eigenvalue weighted by Gasteiger charge is 2.28. The molecule has 0 radical (unpaired) electrons. The standard InChI is InChI=1S/C24H22F2N6O3/c25-13-2-1-3-16(10-13)35-17-8-9-18(19(26)11-17)21-20-22(27)28-12-29-23(20)32(31-21)15-6-4-14(5-7-15)30-24(33)34/h1-3,8-12,14-15,30H,4-7H2,(H,33,34)(H2,27,28,29)/t14-,15-. The maximum absolute atomic E-state index is 15.3. The number of aromatic nitrogens is 4. The molecule has 5 rings (SSSR count). The fourth-order valence-electron chi connectivity index (χ4n) is 4.50. The number of benzene rings is 2. The Kier molecular flexibility index (Phi) is 5.89. The Bertz CT molecular complexity index is 1400. The van der Waals surface area contributed by atoms with Gasteiger partial charge in [0, 0.05) is 23.7 Å². The largest absolute Gasteiger partial charge is 0.465 e. The van der Waals surface area contributed by atoms with E-state index in [0.29, 0.717) is 42.4 Å². The Balaban J connectivity index is 1.47. The van der Waals surface area contributed by atoms with E-state index in [-0.39, 0.29) is 35.0 Å². The first-order chi connectivity index (χ1) is 16.9. The summed E-state index contributed by atoms with van der Waals surface area (Å²) < 4.78 is 36.0. The van der Waals surface area contributed by atoms with Crippen LogP contribution in [0.15, 0.2) is 48.8 Å². The lowest BCUT2D eigenvalue weighted by atomic mass is 9.91. The molecular formula is C24H22F2N6O3. The molecule has 0 bridgehead atoms. The van der Waals surface area contributed by atoms with Crippen LogP contribution >= 0.6 is 0 Å². The van der Waals surface area contributed by atoms with Gasteiger partial charge >= 0.3 is 6.09 Å². The molecule has 35 heavy (non-hydrogen) atoms. The first-order valence-corrected chi connectivity index (χ1v) is 11.1.